The van der Waals surface area contributed by atoms with Crippen molar-refractivity contribution in [2.75, 3.05) is 7.11 Å². The van der Waals surface area contributed by atoms with Crippen molar-refractivity contribution in [3.8, 4) is 0 Å². The first-order valence-electron chi connectivity index (χ1n) is 3.93. The van der Waals surface area contributed by atoms with E-state index in [0.29, 0.717) is 0 Å². The summed E-state index contributed by atoms with van der Waals surface area (Å²) in [7, 11) is 1.75. The van der Waals surface area contributed by atoms with Crippen molar-refractivity contribution in [1.29, 1.82) is 0 Å². The van der Waals surface area contributed by atoms with Crippen LogP contribution in [0.5, 0.6) is 0 Å². The quantitative estimate of drug-likeness (QED) is 0.536. The summed E-state index contributed by atoms with van der Waals surface area (Å²) < 4.78 is 5.36. The SMILES string of the molecule is C=CC(CC)(CCC)OC. The predicted octanol–water partition coefficient (Wildman–Crippen LogP) is 2.77. The second-order valence-corrected chi connectivity index (χ2v) is 2.58. The molecular formula is C9H18O. The molecule has 0 aromatic rings. The maximum Gasteiger partial charge on any atom is 0.0853 e. The first-order chi connectivity index (χ1) is 4.74. The van der Waals surface area contributed by atoms with Crippen LogP contribution in [-0.2, 0) is 4.74 Å². The Labute approximate surface area is 64.1 Å². The van der Waals surface area contributed by atoms with Crippen molar-refractivity contribution in [2.45, 2.75) is 38.7 Å². The van der Waals surface area contributed by atoms with Gasteiger partial charge in [-0.05, 0) is 12.8 Å². The largest absolute Gasteiger partial charge is 0.374 e. The number of rotatable bonds is 5. The van der Waals surface area contributed by atoms with Crippen molar-refractivity contribution >= 4 is 0 Å². The highest BCUT2D eigenvalue weighted by molar-refractivity contribution is 4.95. The summed E-state index contributed by atoms with van der Waals surface area (Å²) in [4.78, 5) is 0. The standard InChI is InChI=1S/C9H18O/c1-5-8-9(6-2,7-3)10-4/h6H,2,5,7-8H2,1,3-4H3. The van der Waals surface area contributed by atoms with Gasteiger partial charge >= 0.3 is 0 Å². The number of methoxy groups -OCH3 is 1. The lowest BCUT2D eigenvalue weighted by Gasteiger charge is -2.26. The predicted molar refractivity (Wildman–Crippen MR) is 45.1 cm³/mol. The molecule has 0 bridgehead atoms. The van der Waals surface area contributed by atoms with Crippen LogP contribution in [0.1, 0.15) is 33.1 Å². The molecule has 0 saturated carbocycles. The summed E-state index contributed by atoms with van der Waals surface area (Å²) in [5, 5.41) is 0. The van der Waals surface area contributed by atoms with Crippen molar-refractivity contribution in [1.82, 2.24) is 0 Å². The van der Waals surface area contributed by atoms with Crippen LogP contribution in [-0.4, -0.2) is 12.7 Å². The molecule has 0 aromatic carbocycles. The Hall–Kier alpha value is -0.300. The molecule has 0 rings (SSSR count). The van der Waals surface area contributed by atoms with E-state index in [9.17, 15) is 0 Å². The van der Waals surface area contributed by atoms with Gasteiger partial charge in [-0.2, -0.15) is 0 Å². The summed E-state index contributed by atoms with van der Waals surface area (Å²) >= 11 is 0. The van der Waals surface area contributed by atoms with E-state index in [-0.39, 0.29) is 5.60 Å². The Bertz CT molecular complexity index is 92.9. The Kier molecular flexibility index (Phi) is 4.37. The summed E-state index contributed by atoms with van der Waals surface area (Å²) in [5.41, 5.74) is -0.0608. The summed E-state index contributed by atoms with van der Waals surface area (Å²) in [6.07, 6.45) is 5.15. The summed E-state index contributed by atoms with van der Waals surface area (Å²) in [6.45, 7) is 8.05. The lowest BCUT2D eigenvalue weighted by molar-refractivity contribution is 0.0215. The van der Waals surface area contributed by atoms with Crippen LogP contribution < -0.4 is 0 Å². The topological polar surface area (TPSA) is 9.23 Å². The van der Waals surface area contributed by atoms with Gasteiger partial charge in [-0.25, -0.2) is 0 Å². The molecule has 0 saturated heterocycles. The Morgan fingerprint density at radius 1 is 1.50 bits per heavy atom. The summed E-state index contributed by atoms with van der Waals surface area (Å²) in [6, 6.07) is 0. The number of ether oxygens (including phenoxy) is 1. The molecule has 0 N–H and O–H groups in total. The van der Waals surface area contributed by atoms with Gasteiger partial charge in [0, 0.05) is 7.11 Å². The molecule has 0 heterocycles. The smallest absolute Gasteiger partial charge is 0.0853 e. The molecular weight excluding hydrogens is 124 g/mol. The normalized spacial score (nSPS) is 16.3. The molecule has 0 aromatic heterocycles. The molecule has 60 valence electrons. The molecule has 1 atom stereocenters. The van der Waals surface area contributed by atoms with Crippen molar-refractivity contribution in [2.24, 2.45) is 0 Å². The average molecular weight is 142 g/mol. The van der Waals surface area contributed by atoms with Crippen molar-refractivity contribution < 1.29 is 4.74 Å². The first-order valence-corrected chi connectivity index (χ1v) is 3.93. The fourth-order valence-electron chi connectivity index (χ4n) is 1.18. The van der Waals surface area contributed by atoms with Gasteiger partial charge in [0.1, 0.15) is 0 Å². The van der Waals surface area contributed by atoms with Crippen molar-refractivity contribution in [3.05, 3.63) is 12.7 Å². The van der Waals surface area contributed by atoms with E-state index in [1.165, 1.54) is 0 Å². The van der Waals surface area contributed by atoms with Gasteiger partial charge in [0.15, 0.2) is 0 Å². The van der Waals surface area contributed by atoms with Gasteiger partial charge in [-0.3, -0.25) is 0 Å². The fraction of sp³-hybridized carbons (Fsp3) is 0.778. The van der Waals surface area contributed by atoms with Gasteiger partial charge in [-0.15, -0.1) is 6.58 Å². The van der Waals surface area contributed by atoms with Crippen LogP contribution in [0.15, 0.2) is 12.7 Å². The van der Waals surface area contributed by atoms with Crippen LogP contribution in [0.3, 0.4) is 0 Å². The third-order valence-corrected chi connectivity index (χ3v) is 2.05. The van der Waals surface area contributed by atoms with Crippen LogP contribution in [0.2, 0.25) is 0 Å². The van der Waals surface area contributed by atoms with E-state index in [0.717, 1.165) is 19.3 Å². The van der Waals surface area contributed by atoms with Crippen molar-refractivity contribution in [3.63, 3.8) is 0 Å². The molecule has 1 unspecified atom stereocenters. The lowest BCUT2D eigenvalue weighted by atomic mass is 9.95. The highest BCUT2D eigenvalue weighted by Gasteiger charge is 2.21. The zero-order valence-electron chi connectivity index (χ0n) is 7.31. The maximum atomic E-state index is 5.36. The minimum absolute atomic E-state index is 0.0608. The molecule has 0 fully saturated rings. The molecule has 10 heavy (non-hydrogen) atoms. The molecule has 0 spiro atoms. The zero-order chi connectivity index (χ0) is 8.04. The van der Waals surface area contributed by atoms with Gasteiger partial charge in [-0.1, -0.05) is 26.3 Å². The molecule has 0 aliphatic carbocycles. The monoisotopic (exact) mass is 142 g/mol. The molecule has 1 heteroatoms. The highest BCUT2D eigenvalue weighted by atomic mass is 16.5. The van der Waals surface area contributed by atoms with E-state index in [4.69, 9.17) is 4.74 Å². The molecule has 0 aliphatic rings. The second-order valence-electron chi connectivity index (χ2n) is 2.58. The minimum Gasteiger partial charge on any atom is -0.374 e. The van der Waals surface area contributed by atoms with Gasteiger partial charge in [0.25, 0.3) is 0 Å². The molecule has 0 radical (unpaired) electrons. The second kappa shape index (κ2) is 4.51. The Balaban J connectivity index is 4.00. The lowest BCUT2D eigenvalue weighted by Crippen LogP contribution is -2.26. The van der Waals surface area contributed by atoms with E-state index >= 15 is 0 Å². The van der Waals surface area contributed by atoms with Crippen LogP contribution in [0.25, 0.3) is 0 Å². The zero-order valence-corrected chi connectivity index (χ0v) is 7.31. The molecule has 0 aliphatic heterocycles. The van der Waals surface area contributed by atoms with Crippen LogP contribution in [0.4, 0.5) is 0 Å². The van der Waals surface area contributed by atoms with Gasteiger partial charge in [0.2, 0.25) is 0 Å². The molecule has 0 amide bonds. The number of hydrogen-bond acceptors (Lipinski definition) is 1. The van der Waals surface area contributed by atoms with E-state index in [1.54, 1.807) is 7.11 Å². The van der Waals surface area contributed by atoms with Crippen LogP contribution in [0, 0.1) is 0 Å². The van der Waals surface area contributed by atoms with Crippen LogP contribution >= 0.6 is 0 Å². The third kappa shape index (κ3) is 2.14. The third-order valence-electron chi connectivity index (χ3n) is 2.05. The number of hydrogen-bond donors (Lipinski definition) is 0. The fourth-order valence-corrected chi connectivity index (χ4v) is 1.18. The average Bonchev–Trinajstić information content (AvgIpc) is 2.01. The van der Waals surface area contributed by atoms with Gasteiger partial charge < -0.3 is 4.74 Å². The first kappa shape index (κ1) is 9.70. The Morgan fingerprint density at radius 2 is 2.10 bits per heavy atom. The van der Waals surface area contributed by atoms with E-state index < -0.39 is 0 Å². The minimum atomic E-state index is -0.0608. The maximum absolute atomic E-state index is 5.36. The Morgan fingerprint density at radius 3 is 2.20 bits per heavy atom. The van der Waals surface area contributed by atoms with E-state index in [1.807, 2.05) is 6.08 Å². The van der Waals surface area contributed by atoms with E-state index in [2.05, 4.69) is 20.4 Å². The highest BCUT2D eigenvalue weighted by Crippen LogP contribution is 2.22. The summed E-state index contributed by atoms with van der Waals surface area (Å²) in [5.74, 6) is 0. The molecule has 1 nitrogen and oxygen atoms in total. The van der Waals surface area contributed by atoms with Gasteiger partial charge in [0.05, 0.1) is 5.60 Å².